The second kappa shape index (κ2) is 4.38. The number of nitrogen functional groups attached to an aromatic ring is 1. The first-order valence-corrected chi connectivity index (χ1v) is 4.50. The van der Waals surface area contributed by atoms with Crippen molar-refractivity contribution in [1.82, 2.24) is 14.9 Å². The van der Waals surface area contributed by atoms with Crippen LogP contribution >= 0.6 is 12.2 Å². The molecule has 0 bridgehead atoms. The topological polar surface area (TPSA) is 68.9 Å². The summed E-state index contributed by atoms with van der Waals surface area (Å²) in [6.45, 7) is 2.00. The number of rotatable bonds is 4. The summed E-state index contributed by atoms with van der Waals surface area (Å²) >= 11 is 4.87. The zero-order chi connectivity index (χ0) is 9.84. The smallest absolute Gasteiger partial charge is 0.214 e. The number of H-pyrrole nitrogens is 1. The van der Waals surface area contributed by atoms with Crippen molar-refractivity contribution in [2.24, 2.45) is 0 Å². The van der Waals surface area contributed by atoms with E-state index in [0.29, 0.717) is 4.77 Å². The Morgan fingerprint density at radius 2 is 2.46 bits per heavy atom. The third-order valence-corrected chi connectivity index (χ3v) is 2.24. The fourth-order valence-corrected chi connectivity index (χ4v) is 1.11. The Labute approximate surface area is 81.9 Å². The van der Waals surface area contributed by atoms with Crippen molar-refractivity contribution < 1.29 is 4.74 Å². The zero-order valence-corrected chi connectivity index (χ0v) is 8.60. The predicted octanol–water partition coefficient (Wildman–Crippen LogP) is 0.622. The quantitative estimate of drug-likeness (QED) is 0.555. The molecule has 3 N–H and O–H groups in total. The molecule has 1 aromatic rings. The van der Waals surface area contributed by atoms with Gasteiger partial charge in [0.15, 0.2) is 5.82 Å². The molecule has 1 aromatic heterocycles. The number of nitrogens with one attached hydrogen (secondary N) is 1. The SMILES string of the molecule is COC(C)CCc1n[nH]c(=S)n1N. The van der Waals surface area contributed by atoms with Gasteiger partial charge in [-0.2, -0.15) is 5.10 Å². The number of hydrogen-bond acceptors (Lipinski definition) is 4. The lowest BCUT2D eigenvalue weighted by Crippen LogP contribution is -2.15. The molecule has 0 aliphatic rings. The van der Waals surface area contributed by atoms with Crippen molar-refractivity contribution in [2.75, 3.05) is 13.0 Å². The molecule has 0 amide bonds. The third kappa shape index (κ3) is 2.53. The summed E-state index contributed by atoms with van der Waals surface area (Å²) in [4.78, 5) is 0. The minimum absolute atomic E-state index is 0.213. The summed E-state index contributed by atoms with van der Waals surface area (Å²) in [6, 6.07) is 0. The van der Waals surface area contributed by atoms with Gasteiger partial charge in [0.1, 0.15) is 0 Å². The predicted molar refractivity (Wildman–Crippen MR) is 52.4 cm³/mol. The van der Waals surface area contributed by atoms with Gasteiger partial charge < -0.3 is 10.6 Å². The first-order valence-electron chi connectivity index (χ1n) is 4.09. The van der Waals surface area contributed by atoms with Crippen LogP contribution in [0.1, 0.15) is 19.2 Å². The molecule has 5 nitrogen and oxygen atoms in total. The van der Waals surface area contributed by atoms with E-state index in [1.54, 1.807) is 7.11 Å². The van der Waals surface area contributed by atoms with E-state index in [-0.39, 0.29) is 6.10 Å². The van der Waals surface area contributed by atoms with Gasteiger partial charge in [0.2, 0.25) is 4.77 Å². The highest BCUT2D eigenvalue weighted by Gasteiger charge is 2.05. The van der Waals surface area contributed by atoms with Gasteiger partial charge in [-0.1, -0.05) is 0 Å². The van der Waals surface area contributed by atoms with Crippen LogP contribution in [0.5, 0.6) is 0 Å². The van der Waals surface area contributed by atoms with E-state index in [1.807, 2.05) is 6.92 Å². The first kappa shape index (κ1) is 10.2. The van der Waals surface area contributed by atoms with Gasteiger partial charge in [-0.3, -0.25) is 5.10 Å². The van der Waals surface area contributed by atoms with Crippen LogP contribution < -0.4 is 5.84 Å². The van der Waals surface area contributed by atoms with Gasteiger partial charge in [0, 0.05) is 13.5 Å². The van der Waals surface area contributed by atoms with Crippen molar-refractivity contribution in [3.05, 3.63) is 10.6 Å². The fraction of sp³-hybridized carbons (Fsp3) is 0.714. The average Bonchev–Trinajstić information content (AvgIpc) is 2.44. The maximum absolute atomic E-state index is 5.61. The fourth-order valence-electron chi connectivity index (χ4n) is 0.964. The summed E-state index contributed by atoms with van der Waals surface area (Å²) in [7, 11) is 1.68. The van der Waals surface area contributed by atoms with Crippen LogP contribution in [-0.4, -0.2) is 28.1 Å². The summed E-state index contributed by atoms with van der Waals surface area (Å²) < 4.78 is 6.94. The molecule has 0 aliphatic carbocycles. The molecule has 1 unspecified atom stereocenters. The Kier molecular flexibility index (Phi) is 3.44. The Morgan fingerprint density at radius 1 is 1.77 bits per heavy atom. The minimum atomic E-state index is 0.213. The number of aryl methyl sites for hydroxylation is 1. The highest BCUT2D eigenvalue weighted by molar-refractivity contribution is 7.71. The van der Waals surface area contributed by atoms with Crippen LogP contribution in [0.2, 0.25) is 0 Å². The number of nitrogens with zero attached hydrogens (tertiary/aromatic N) is 2. The minimum Gasteiger partial charge on any atom is -0.382 e. The molecule has 0 saturated heterocycles. The number of nitrogens with two attached hydrogens (primary N) is 1. The molecule has 13 heavy (non-hydrogen) atoms. The van der Waals surface area contributed by atoms with E-state index < -0.39 is 0 Å². The van der Waals surface area contributed by atoms with Crippen LogP contribution in [0.25, 0.3) is 0 Å². The summed E-state index contributed by atoms with van der Waals surface area (Å²) in [5, 5.41) is 6.62. The number of ether oxygens (including phenoxy) is 1. The summed E-state index contributed by atoms with van der Waals surface area (Å²) in [5.41, 5.74) is 0. The van der Waals surface area contributed by atoms with Crippen LogP contribution in [0, 0.1) is 4.77 Å². The van der Waals surface area contributed by atoms with E-state index in [4.69, 9.17) is 22.8 Å². The molecule has 74 valence electrons. The molecule has 1 atom stereocenters. The van der Waals surface area contributed by atoms with Crippen molar-refractivity contribution in [3.8, 4) is 0 Å². The molecule has 0 radical (unpaired) electrons. The lowest BCUT2D eigenvalue weighted by Gasteiger charge is -2.07. The van der Waals surface area contributed by atoms with Crippen molar-refractivity contribution in [3.63, 3.8) is 0 Å². The van der Waals surface area contributed by atoms with Crippen LogP contribution in [0.15, 0.2) is 0 Å². The maximum Gasteiger partial charge on any atom is 0.214 e. The molecule has 6 heteroatoms. The highest BCUT2D eigenvalue weighted by atomic mass is 32.1. The zero-order valence-electron chi connectivity index (χ0n) is 7.78. The largest absolute Gasteiger partial charge is 0.382 e. The Morgan fingerprint density at radius 3 is 2.92 bits per heavy atom. The second-order valence-electron chi connectivity index (χ2n) is 2.90. The first-order chi connectivity index (χ1) is 6.15. The number of methoxy groups -OCH3 is 1. The molecule has 0 spiro atoms. The van der Waals surface area contributed by atoms with Crippen molar-refractivity contribution >= 4 is 12.2 Å². The standard InChI is InChI=1S/C7H14N4OS/c1-5(12-2)3-4-6-9-10-7(13)11(6)8/h5H,3-4,8H2,1-2H3,(H,10,13). The molecular weight excluding hydrogens is 188 g/mol. The van der Waals surface area contributed by atoms with Gasteiger partial charge in [-0.05, 0) is 25.6 Å². The Bertz CT molecular complexity index is 319. The van der Waals surface area contributed by atoms with E-state index in [9.17, 15) is 0 Å². The molecule has 0 fully saturated rings. The van der Waals surface area contributed by atoms with Crippen molar-refractivity contribution in [2.45, 2.75) is 25.9 Å². The van der Waals surface area contributed by atoms with E-state index in [0.717, 1.165) is 18.7 Å². The van der Waals surface area contributed by atoms with Gasteiger partial charge in [-0.15, -0.1) is 0 Å². The lowest BCUT2D eigenvalue weighted by molar-refractivity contribution is 0.110. The van der Waals surface area contributed by atoms with Crippen LogP contribution in [-0.2, 0) is 11.2 Å². The van der Waals surface area contributed by atoms with Crippen LogP contribution in [0.4, 0.5) is 0 Å². The molecular formula is C7H14N4OS. The Balaban J connectivity index is 2.55. The average molecular weight is 202 g/mol. The molecule has 0 saturated carbocycles. The normalized spacial score (nSPS) is 13.1. The maximum atomic E-state index is 5.61. The van der Waals surface area contributed by atoms with E-state index in [1.165, 1.54) is 4.68 Å². The third-order valence-electron chi connectivity index (χ3n) is 1.95. The monoisotopic (exact) mass is 202 g/mol. The summed E-state index contributed by atoms with van der Waals surface area (Å²) in [5.74, 6) is 6.37. The number of aromatic amines is 1. The second-order valence-corrected chi connectivity index (χ2v) is 3.29. The van der Waals surface area contributed by atoms with Crippen LogP contribution in [0.3, 0.4) is 0 Å². The molecule has 1 rings (SSSR count). The highest BCUT2D eigenvalue weighted by Crippen LogP contribution is 2.02. The molecule has 0 aliphatic heterocycles. The van der Waals surface area contributed by atoms with Gasteiger partial charge in [0.05, 0.1) is 6.10 Å². The number of aromatic nitrogens is 3. The van der Waals surface area contributed by atoms with Crippen molar-refractivity contribution in [1.29, 1.82) is 0 Å². The van der Waals surface area contributed by atoms with E-state index >= 15 is 0 Å². The van der Waals surface area contributed by atoms with Gasteiger partial charge in [0.25, 0.3) is 0 Å². The summed E-state index contributed by atoms with van der Waals surface area (Å²) in [6.07, 6.45) is 1.86. The lowest BCUT2D eigenvalue weighted by atomic mass is 10.2. The van der Waals surface area contributed by atoms with Gasteiger partial charge in [-0.25, -0.2) is 4.68 Å². The van der Waals surface area contributed by atoms with E-state index in [2.05, 4.69) is 10.2 Å². The molecule has 0 aromatic carbocycles. The number of hydrogen-bond donors (Lipinski definition) is 2. The van der Waals surface area contributed by atoms with Gasteiger partial charge >= 0.3 is 0 Å². The Hall–Kier alpha value is -0.880. The molecule has 1 heterocycles.